The predicted molar refractivity (Wildman–Crippen MR) is 78.0 cm³/mol. The fourth-order valence-corrected chi connectivity index (χ4v) is 3.90. The summed E-state index contributed by atoms with van der Waals surface area (Å²) in [7, 11) is 0. The fraction of sp³-hybridized carbons (Fsp3) is 0.882. The quantitative estimate of drug-likeness (QED) is 0.497. The van der Waals surface area contributed by atoms with Crippen molar-refractivity contribution in [2.45, 2.75) is 70.0 Å². The first-order chi connectivity index (χ1) is 11.0. The summed E-state index contributed by atoms with van der Waals surface area (Å²) < 4.78 is 11.3. The average molecular weight is 326 g/mol. The van der Waals surface area contributed by atoms with Crippen LogP contribution in [0.2, 0.25) is 0 Å². The Morgan fingerprint density at radius 1 is 1.13 bits per heavy atom. The number of hydrogen-bond donors (Lipinski definition) is 0. The Bertz CT molecular complexity index is 423. The van der Waals surface area contributed by atoms with Crippen LogP contribution < -0.4 is 10.2 Å². The van der Waals surface area contributed by atoms with Crippen molar-refractivity contribution in [2.75, 3.05) is 13.2 Å². The Morgan fingerprint density at radius 2 is 1.83 bits per heavy atom. The van der Waals surface area contributed by atoms with Crippen LogP contribution >= 0.6 is 0 Å². The first-order valence-corrected chi connectivity index (χ1v) is 8.69. The summed E-state index contributed by atoms with van der Waals surface area (Å²) in [5.74, 6) is -5.08. The monoisotopic (exact) mass is 326 g/mol. The summed E-state index contributed by atoms with van der Waals surface area (Å²) in [5.41, 5.74) is -1.06. The van der Waals surface area contributed by atoms with Gasteiger partial charge in [-0.3, -0.25) is 0 Å². The van der Waals surface area contributed by atoms with Gasteiger partial charge >= 0.3 is 0 Å². The van der Waals surface area contributed by atoms with Crippen LogP contribution in [0.1, 0.15) is 58.3 Å². The maximum Gasteiger partial charge on any atom is 0.101 e. The van der Waals surface area contributed by atoms with E-state index in [0.717, 1.165) is 12.8 Å². The van der Waals surface area contributed by atoms with Gasteiger partial charge in [-0.25, -0.2) is 0 Å². The third-order valence-electron chi connectivity index (χ3n) is 5.08. The highest BCUT2D eigenvalue weighted by molar-refractivity contribution is 5.81. The SMILES string of the molecule is CCCCCCCCOC[C@@]12CC[C@@H](O1)C(C(=O)[O-])C2C(=O)[O-]. The van der Waals surface area contributed by atoms with Crippen LogP contribution in [-0.4, -0.2) is 36.9 Å². The first kappa shape index (κ1) is 18.2. The molecule has 4 atom stereocenters. The van der Waals surface area contributed by atoms with E-state index in [-0.39, 0.29) is 6.61 Å². The van der Waals surface area contributed by atoms with Gasteiger partial charge in [-0.1, -0.05) is 39.0 Å². The third kappa shape index (κ3) is 4.04. The van der Waals surface area contributed by atoms with Crippen molar-refractivity contribution >= 4 is 11.9 Å². The van der Waals surface area contributed by atoms with E-state index >= 15 is 0 Å². The first-order valence-electron chi connectivity index (χ1n) is 8.69. The highest BCUT2D eigenvalue weighted by Gasteiger charge is 2.60. The van der Waals surface area contributed by atoms with E-state index < -0.39 is 35.5 Å². The van der Waals surface area contributed by atoms with Gasteiger partial charge in [0.25, 0.3) is 0 Å². The van der Waals surface area contributed by atoms with Crippen molar-refractivity contribution in [3.63, 3.8) is 0 Å². The summed E-state index contributed by atoms with van der Waals surface area (Å²) >= 11 is 0. The van der Waals surface area contributed by atoms with Gasteiger partial charge in [-0.2, -0.15) is 0 Å². The highest BCUT2D eigenvalue weighted by atomic mass is 16.6. The summed E-state index contributed by atoms with van der Waals surface area (Å²) in [5, 5.41) is 22.6. The summed E-state index contributed by atoms with van der Waals surface area (Å²) in [6.45, 7) is 2.82. The minimum absolute atomic E-state index is 0.112. The van der Waals surface area contributed by atoms with Gasteiger partial charge in [-0.05, 0) is 19.3 Å². The van der Waals surface area contributed by atoms with Crippen LogP contribution in [-0.2, 0) is 19.1 Å². The molecule has 0 aliphatic carbocycles. The largest absolute Gasteiger partial charge is 0.550 e. The number of aliphatic carboxylic acids is 2. The zero-order chi connectivity index (χ0) is 16.9. The van der Waals surface area contributed by atoms with Crippen molar-refractivity contribution in [3.8, 4) is 0 Å². The third-order valence-corrected chi connectivity index (χ3v) is 5.08. The summed E-state index contributed by atoms with van der Waals surface area (Å²) in [6.07, 6.45) is 7.30. The number of unbranched alkanes of at least 4 members (excludes halogenated alkanes) is 5. The number of carboxylic acids is 2. The van der Waals surface area contributed by atoms with Crippen molar-refractivity contribution in [2.24, 2.45) is 11.8 Å². The van der Waals surface area contributed by atoms with Gasteiger partial charge in [0.2, 0.25) is 0 Å². The zero-order valence-corrected chi connectivity index (χ0v) is 13.8. The van der Waals surface area contributed by atoms with Crippen molar-refractivity contribution in [1.29, 1.82) is 0 Å². The Kier molecular flexibility index (Phi) is 6.41. The normalized spacial score (nSPS) is 32.3. The lowest BCUT2D eigenvalue weighted by molar-refractivity contribution is -0.328. The van der Waals surface area contributed by atoms with Gasteiger partial charge in [0.15, 0.2) is 0 Å². The van der Waals surface area contributed by atoms with Crippen LogP contribution in [0, 0.1) is 11.8 Å². The number of carbonyl (C=O) groups excluding carboxylic acids is 2. The molecule has 6 heteroatoms. The zero-order valence-electron chi connectivity index (χ0n) is 13.8. The van der Waals surface area contributed by atoms with Crippen LogP contribution in [0.5, 0.6) is 0 Å². The van der Waals surface area contributed by atoms with Gasteiger partial charge in [-0.15, -0.1) is 0 Å². The number of rotatable bonds is 11. The maximum absolute atomic E-state index is 11.4. The van der Waals surface area contributed by atoms with Crippen LogP contribution in [0.15, 0.2) is 0 Å². The van der Waals surface area contributed by atoms with Crippen LogP contribution in [0.3, 0.4) is 0 Å². The van der Waals surface area contributed by atoms with Crippen molar-refractivity contribution in [1.82, 2.24) is 0 Å². The molecule has 0 saturated carbocycles. The summed E-state index contributed by atoms with van der Waals surface area (Å²) in [6, 6.07) is 0. The van der Waals surface area contributed by atoms with E-state index in [0.29, 0.717) is 19.4 Å². The van der Waals surface area contributed by atoms with Crippen LogP contribution in [0.4, 0.5) is 0 Å². The molecule has 2 bridgehead atoms. The molecule has 132 valence electrons. The molecule has 0 aromatic carbocycles. The molecule has 0 aromatic rings. The molecule has 2 heterocycles. The second kappa shape index (κ2) is 8.11. The molecule has 23 heavy (non-hydrogen) atoms. The Labute approximate surface area is 137 Å². The number of carboxylic acid groups (broad SMARTS) is 2. The molecule has 0 amide bonds. The Morgan fingerprint density at radius 3 is 2.48 bits per heavy atom. The molecule has 2 aliphatic heterocycles. The molecule has 2 aliphatic rings. The maximum atomic E-state index is 11.4. The molecule has 6 nitrogen and oxygen atoms in total. The molecule has 2 saturated heterocycles. The predicted octanol–water partition coefficient (Wildman–Crippen LogP) is 0.0271. The molecule has 2 fully saturated rings. The van der Waals surface area contributed by atoms with Crippen LogP contribution in [0.25, 0.3) is 0 Å². The van der Waals surface area contributed by atoms with E-state index in [1.54, 1.807) is 0 Å². The van der Waals surface area contributed by atoms with Gasteiger partial charge in [0.1, 0.15) is 5.60 Å². The van der Waals surface area contributed by atoms with Gasteiger partial charge < -0.3 is 29.3 Å². The highest BCUT2D eigenvalue weighted by Crippen LogP contribution is 2.51. The lowest BCUT2D eigenvalue weighted by Gasteiger charge is -2.37. The Balaban J connectivity index is 1.79. The summed E-state index contributed by atoms with van der Waals surface area (Å²) in [4.78, 5) is 22.6. The van der Waals surface area contributed by atoms with Gasteiger partial charge in [0, 0.05) is 30.4 Å². The van der Waals surface area contributed by atoms with Crippen molar-refractivity contribution < 1.29 is 29.3 Å². The second-order valence-electron chi connectivity index (χ2n) is 6.72. The number of fused-ring (bicyclic) bond motifs is 2. The smallest absolute Gasteiger partial charge is 0.101 e. The van der Waals surface area contributed by atoms with E-state index in [2.05, 4.69) is 6.92 Å². The molecular formula is C17H26O6-2. The average Bonchev–Trinajstić information content (AvgIpc) is 3.06. The molecule has 2 rings (SSSR count). The molecule has 0 spiro atoms. The number of carbonyl (C=O) groups is 2. The van der Waals surface area contributed by atoms with E-state index in [1.807, 2.05) is 0 Å². The number of ether oxygens (including phenoxy) is 2. The lowest BCUT2D eigenvalue weighted by atomic mass is 9.72. The minimum atomic E-state index is -1.38. The minimum Gasteiger partial charge on any atom is -0.550 e. The Hall–Kier alpha value is -1.14. The molecule has 0 radical (unpaired) electrons. The van der Waals surface area contributed by atoms with Crippen molar-refractivity contribution in [3.05, 3.63) is 0 Å². The lowest BCUT2D eigenvalue weighted by Crippen LogP contribution is -2.54. The topological polar surface area (TPSA) is 98.7 Å². The second-order valence-corrected chi connectivity index (χ2v) is 6.72. The molecular weight excluding hydrogens is 300 g/mol. The van der Waals surface area contributed by atoms with E-state index in [9.17, 15) is 19.8 Å². The standard InChI is InChI=1S/C17H28O6/c1-2-3-4-5-6-7-10-22-11-17-9-8-12(23-17)13(15(18)19)14(17)16(20)21/h12-14H,2-11H2,1H3,(H,18,19)(H,20,21)/p-2/t12-,13?,14?,17-/m1/s1. The molecule has 2 unspecified atom stereocenters. The number of hydrogen-bond acceptors (Lipinski definition) is 6. The van der Waals surface area contributed by atoms with E-state index in [4.69, 9.17) is 9.47 Å². The van der Waals surface area contributed by atoms with E-state index in [1.165, 1.54) is 25.7 Å². The van der Waals surface area contributed by atoms with Gasteiger partial charge in [0.05, 0.1) is 12.7 Å². The fourth-order valence-electron chi connectivity index (χ4n) is 3.90. The molecule has 0 aromatic heterocycles. The molecule has 0 N–H and O–H groups in total.